The predicted octanol–water partition coefficient (Wildman–Crippen LogP) is 4.20. The average Bonchev–Trinajstić information content (AvgIpc) is 3.62. The van der Waals surface area contributed by atoms with Gasteiger partial charge in [0, 0.05) is 44.9 Å². The second-order valence-corrected chi connectivity index (χ2v) is 8.47. The molecular formula is C28H30N6O4. The number of esters is 1. The van der Waals surface area contributed by atoms with Crippen LogP contribution in [-0.4, -0.2) is 63.8 Å². The van der Waals surface area contributed by atoms with Gasteiger partial charge in [-0.25, -0.2) is 19.4 Å². The van der Waals surface area contributed by atoms with E-state index in [1.165, 1.54) is 19.5 Å². The highest BCUT2D eigenvalue weighted by molar-refractivity contribution is 5.99. The third kappa shape index (κ3) is 6.33. The number of amides is 1. The largest absolute Gasteiger partial charge is 0.466 e. The van der Waals surface area contributed by atoms with E-state index in [1.807, 2.05) is 68.7 Å². The Hall–Kier alpha value is -4.73. The van der Waals surface area contributed by atoms with E-state index in [-0.39, 0.29) is 5.91 Å². The number of benzene rings is 2. The number of ether oxygens (including phenoxy) is 2. The maximum atomic E-state index is 11.3. The molecule has 10 nitrogen and oxygen atoms in total. The number of carbonyl (C=O) groups excluding carboxylic acids is 2. The minimum atomic E-state index is -0.493. The fourth-order valence-electron chi connectivity index (χ4n) is 4.03. The normalized spacial score (nSPS) is 12.8. The van der Waals surface area contributed by atoms with Gasteiger partial charge in [-0.05, 0) is 49.2 Å². The first-order valence-electron chi connectivity index (χ1n) is 12.2. The van der Waals surface area contributed by atoms with Gasteiger partial charge in [0.2, 0.25) is 5.91 Å². The summed E-state index contributed by atoms with van der Waals surface area (Å²) in [6.45, 7) is 1.59. The lowest BCUT2D eigenvalue weighted by atomic mass is 10.1. The van der Waals surface area contributed by atoms with Crippen molar-refractivity contribution < 1.29 is 19.1 Å². The van der Waals surface area contributed by atoms with E-state index < -0.39 is 5.97 Å². The van der Waals surface area contributed by atoms with E-state index in [4.69, 9.17) is 4.74 Å². The molecule has 1 saturated heterocycles. The highest BCUT2D eigenvalue weighted by Crippen LogP contribution is 2.32. The summed E-state index contributed by atoms with van der Waals surface area (Å²) in [5.41, 5.74) is 2.62. The number of hydrogen-bond donors (Lipinski definition) is 1. The average molecular weight is 515 g/mol. The standard InChI is InChI=1S/C19H17N5O.C9H13NO3/c1-20-18-16-17(23-24(2)19(16)22-12-21-18)13-8-10-15(11-9-13)25-14-6-4-3-5-7-14;1-13-9(12)5-4-8(11)10-6-2-3-7-10/h3-12H,1-2H3,(H,20,21,22);4-5H,2-3,6-7H2,1H3/b;5-4+. The van der Waals surface area contributed by atoms with Gasteiger partial charge in [0.1, 0.15) is 29.3 Å². The molecule has 0 radical (unpaired) electrons. The molecule has 38 heavy (non-hydrogen) atoms. The van der Waals surface area contributed by atoms with Gasteiger partial charge in [-0.3, -0.25) is 4.79 Å². The van der Waals surface area contributed by atoms with Crippen molar-refractivity contribution in [1.29, 1.82) is 0 Å². The quantitative estimate of drug-likeness (QED) is 0.301. The molecule has 2 aromatic heterocycles. The number of para-hydroxylation sites is 1. The van der Waals surface area contributed by atoms with Crippen molar-refractivity contribution in [3.8, 4) is 22.8 Å². The molecule has 0 spiro atoms. The number of anilines is 1. The molecule has 5 rings (SSSR count). The Morgan fingerprint density at radius 2 is 1.63 bits per heavy atom. The molecule has 0 aliphatic carbocycles. The van der Waals surface area contributed by atoms with Crippen LogP contribution in [0.3, 0.4) is 0 Å². The van der Waals surface area contributed by atoms with Crippen LogP contribution in [0.25, 0.3) is 22.3 Å². The van der Waals surface area contributed by atoms with Gasteiger partial charge >= 0.3 is 5.97 Å². The number of fused-ring (bicyclic) bond motifs is 1. The first kappa shape index (κ1) is 26.3. The molecule has 1 amide bonds. The maximum Gasteiger partial charge on any atom is 0.330 e. The third-order valence-electron chi connectivity index (χ3n) is 5.94. The van der Waals surface area contributed by atoms with Crippen molar-refractivity contribution in [2.75, 3.05) is 32.6 Å². The Bertz CT molecular complexity index is 1410. The monoisotopic (exact) mass is 514 g/mol. The van der Waals surface area contributed by atoms with Crippen molar-refractivity contribution in [3.63, 3.8) is 0 Å². The van der Waals surface area contributed by atoms with Crippen LogP contribution in [0, 0.1) is 0 Å². The molecule has 2 aromatic carbocycles. The number of aromatic nitrogens is 4. The predicted molar refractivity (Wildman–Crippen MR) is 145 cm³/mol. The number of nitrogens with zero attached hydrogens (tertiary/aromatic N) is 5. The zero-order valence-electron chi connectivity index (χ0n) is 21.6. The fourth-order valence-corrected chi connectivity index (χ4v) is 4.03. The molecule has 1 aliphatic heterocycles. The van der Waals surface area contributed by atoms with Gasteiger partial charge in [0.25, 0.3) is 0 Å². The summed E-state index contributed by atoms with van der Waals surface area (Å²) >= 11 is 0. The van der Waals surface area contributed by atoms with Gasteiger partial charge < -0.3 is 19.7 Å². The summed E-state index contributed by atoms with van der Waals surface area (Å²) in [6, 6.07) is 17.6. The van der Waals surface area contributed by atoms with E-state index >= 15 is 0 Å². The Morgan fingerprint density at radius 1 is 0.947 bits per heavy atom. The molecule has 0 unspecified atom stereocenters. The van der Waals surface area contributed by atoms with Crippen molar-refractivity contribution >= 4 is 28.7 Å². The first-order valence-corrected chi connectivity index (χ1v) is 12.2. The van der Waals surface area contributed by atoms with Crippen LogP contribution in [0.4, 0.5) is 5.82 Å². The molecule has 0 bridgehead atoms. The van der Waals surface area contributed by atoms with Crippen LogP contribution >= 0.6 is 0 Å². The topological polar surface area (TPSA) is 111 Å². The summed E-state index contributed by atoms with van der Waals surface area (Å²) in [5, 5.41) is 8.63. The summed E-state index contributed by atoms with van der Waals surface area (Å²) in [4.78, 5) is 32.3. The molecule has 196 valence electrons. The second kappa shape index (κ2) is 12.5. The van der Waals surface area contributed by atoms with E-state index in [0.717, 1.165) is 71.6 Å². The number of rotatable bonds is 6. The van der Waals surface area contributed by atoms with Crippen LogP contribution in [0.5, 0.6) is 11.5 Å². The van der Waals surface area contributed by atoms with Crippen molar-refractivity contribution in [3.05, 3.63) is 73.1 Å². The Labute approximate surface area is 220 Å². The minimum Gasteiger partial charge on any atom is -0.466 e. The van der Waals surface area contributed by atoms with E-state index in [2.05, 4.69) is 25.1 Å². The van der Waals surface area contributed by atoms with Crippen molar-refractivity contribution in [2.45, 2.75) is 12.8 Å². The van der Waals surface area contributed by atoms with Crippen molar-refractivity contribution in [1.82, 2.24) is 24.6 Å². The highest BCUT2D eigenvalue weighted by Gasteiger charge is 2.17. The van der Waals surface area contributed by atoms with Gasteiger partial charge in [-0.1, -0.05) is 18.2 Å². The Kier molecular flexibility index (Phi) is 8.65. The zero-order valence-corrected chi connectivity index (χ0v) is 21.6. The number of aryl methyl sites for hydroxylation is 1. The van der Waals surface area contributed by atoms with Crippen molar-refractivity contribution in [2.24, 2.45) is 7.05 Å². The lowest BCUT2D eigenvalue weighted by Crippen LogP contribution is -2.25. The summed E-state index contributed by atoms with van der Waals surface area (Å²) in [5.74, 6) is 1.75. The Balaban J connectivity index is 0.000000219. The first-order chi connectivity index (χ1) is 18.5. The third-order valence-corrected chi connectivity index (χ3v) is 5.94. The fraction of sp³-hybridized carbons (Fsp3) is 0.250. The Morgan fingerprint density at radius 3 is 2.29 bits per heavy atom. The highest BCUT2D eigenvalue weighted by atomic mass is 16.5. The molecule has 1 aliphatic rings. The minimum absolute atomic E-state index is 0.108. The SMILES string of the molecule is CNc1ncnc2c1c(-c1ccc(Oc3ccccc3)cc1)nn2C.COC(=O)/C=C/C(=O)N1CCCC1. The van der Waals surface area contributed by atoms with Gasteiger partial charge in [0.05, 0.1) is 12.5 Å². The maximum absolute atomic E-state index is 11.3. The lowest BCUT2D eigenvalue weighted by Gasteiger charge is -2.11. The van der Waals surface area contributed by atoms with E-state index in [9.17, 15) is 9.59 Å². The van der Waals surface area contributed by atoms with Crippen LogP contribution in [0.2, 0.25) is 0 Å². The summed E-state index contributed by atoms with van der Waals surface area (Å²) in [6.07, 6.45) is 6.06. The molecule has 1 fully saturated rings. The number of nitrogens with one attached hydrogen (secondary N) is 1. The van der Waals surface area contributed by atoms with E-state index in [1.54, 1.807) is 9.58 Å². The molecule has 3 heterocycles. The summed E-state index contributed by atoms with van der Waals surface area (Å²) in [7, 11) is 5.01. The smallest absolute Gasteiger partial charge is 0.330 e. The van der Waals surface area contributed by atoms with Crippen LogP contribution in [0.1, 0.15) is 12.8 Å². The van der Waals surface area contributed by atoms with Gasteiger partial charge in [-0.15, -0.1) is 0 Å². The van der Waals surface area contributed by atoms with Crippen LogP contribution in [-0.2, 0) is 21.4 Å². The number of carbonyl (C=O) groups is 2. The number of hydrogen-bond acceptors (Lipinski definition) is 8. The van der Waals surface area contributed by atoms with Crippen LogP contribution < -0.4 is 10.1 Å². The zero-order chi connectivity index (χ0) is 26.9. The molecule has 0 atom stereocenters. The number of likely N-dealkylation sites (tertiary alicyclic amines) is 1. The second-order valence-electron chi connectivity index (χ2n) is 8.47. The van der Waals surface area contributed by atoms with Gasteiger partial charge in [0.15, 0.2) is 5.65 Å². The van der Waals surface area contributed by atoms with E-state index in [0.29, 0.717) is 0 Å². The molecule has 0 saturated carbocycles. The molecule has 4 aromatic rings. The van der Waals surface area contributed by atoms with Gasteiger partial charge in [-0.2, -0.15) is 5.10 Å². The van der Waals surface area contributed by atoms with Crippen LogP contribution in [0.15, 0.2) is 73.1 Å². The summed E-state index contributed by atoms with van der Waals surface area (Å²) < 4.78 is 12.0. The molecule has 1 N–H and O–H groups in total. The number of methoxy groups -OCH3 is 1. The lowest BCUT2D eigenvalue weighted by molar-refractivity contribution is -0.135. The molecular weight excluding hydrogens is 484 g/mol. The molecule has 10 heteroatoms.